The number of pyridine rings is 1. The van der Waals surface area contributed by atoms with Crippen LogP contribution in [-0.4, -0.2) is 0 Å². The van der Waals surface area contributed by atoms with E-state index < -0.39 is 0 Å². The van der Waals surface area contributed by atoms with Crippen LogP contribution in [0.5, 0.6) is 0 Å². The Labute approximate surface area is 99.7 Å². The topological polar surface area (TPSA) is 3.88 Å². The zero-order valence-electron chi connectivity index (χ0n) is 11.4. The lowest BCUT2D eigenvalue weighted by Gasteiger charge is -1.97. The van der Waals surface area contributed by atoms with Gasteiger partial charge in [0.2, 0.25) is 5.52 Å². The van der Waals surface area contributed by atoms with Gasteiger partial charge in [0.05, 0.1) is 0 Å². The Morgan fingerprint density at radius 1 is 0.812 bits per heavy atom. The number of hydrogen-bond donors (Lipinski definition) is 0. The number of aryl methyl sites for hydroxylation is 2. The van der Waals surface area contributed by atoms with Gasteiger partial charge in [-0.05, 0) is 12.1 Å². The lowest BCUT2D eigenvalue weighted by atomic mass is 10.2. The van der Waals surface area contributed by atoms with Crippen molar-refractivity contribution in [1.29, 1.82) is 0 Å². The maximum Gasteiger partial charge on any atom is 0.212 e. The fraction of sp³-hybridized carbons (Fsp3) is 0.400. The molecular formula is C15H24N+. The molecule has 2 aromatic rings. The zero-order chi connectivity index (χ0) is 12.6. The predicted octanol–water partition coefficient (Wildman–Crippen LogP) is 4.03. The number of rotatable bonds is 0. The van der Waals surface area contributed by atoms with Crippen LogP contribution in [0.4, 0.5) is 0 Å². The normalized spacial score (nSPS) is 8.62. The van der Waals surface area contributed by atoms with Gasteiger partial charge in [0.25, 0.3) is 0 Å². The molecule has 0 bridgehead atoms. The maximum absolute atomic E-state index is 2.20. The second kappa shape index (κ2) is 7.86. The van der Waals surface area contributed by atoms with E-state index in [-0.39, 0.29) is 0 Å². The molecule has 0 aliphatic carbocycles. The smallest absolute Gasteiger partial charge is 0.199 e. The van der Waals surface area contributed by atoms with E-state index in [9.17, 15) is 0 Å². The molecule has 0 atom stereocenters. The van der Waals surface area contributed by atoms with E-state index in [0.717, 1.165) is 0 Å². The summed E-state index contributed by atoms with van der Waals surface area (Å²) in [5.41, 5.74) is 2.58. The van der Waals surface area contributed by atoms with Gasteiger partial charge in [0, 0.05) is 24.4 Å². The van der Waals surface area contributed by atoms with Gasteiger partial charge in [-0.2, -0.15) is 4.57 Å². The molecule has 0 amide bonds. The lowest BCUT2D eigenvalue weighted by Crippen LogP contribution is -2.32. The summed E-state index contributed by atoms with van der Waals surface area (Å²) >= 11 is 0. The molecule has 0 aliphatic rings. The summed E-state index contributed by atoms with van der Waals surface area (Å²) in [4.78, 5) is 0. The monoisotopic (exact) mass is 218 g/mol. The minimum Gasteiger partial charge on any atom is -0.199 e. The Bertz CT molecular complexity index is 419. The molecule has 1 heteroatoms. The zero-order valence-corrected chi connectivity index (χ0v) is 11.4. The van der Waals surface area contributed by atoms with Crippen molar-refractivity contribution in [3.63, 3.8) is 0 Å². The van der Waals surface area contributed by atoms with Crippen LogP contribution in [0.3, 0.4) is 0 Å². The Hall–Kier alpha value is -1.37. The molecule has 0 saturated carbocycles. The molecule has 88 valence electrons. The van der Waals surface area contributed by atoms with E-state index in [1.54, 1.807) is 0 Å². The fourth-order valence-electron chi connectivity index (χ4n) is 1.45. The third-order valence-corrected chi connectivity index (χ3v) is 2.33. The lowest BCUT2D eigenvalue weighted by molar-refractivity contribution is -0.651. The highest BCUT2D eigenvalue weighted by molar-refractivity contribution is 5.75. The van der Waals surface area contributed by atoms with E-state index in [1.165, 1.54) is 16.6 Å². The van der Waals surface area contributed by atoms with Gasteiger partial charge < -0.3 is 0 Å². The van der Waals surface area contributed by atoms with Crippen LogP contribution in [0.1, 0.15) is 33.4 Å². The standard InChI is InChI=1S/C11H12N.2C2H6/c1-9-7-8-10-5-3-4-6-11(10)12(9)2;2*1-2/h3-8H,1-2H3;2*1-2H3/q+1;;. The van der Waals surface area contributed by atoms with Gasteiger partial charge in [-0.15, -0.1) is 0 Å². The van der Waals surface area contributed by atoms with Crippen LogP contribution in [0.15, 0.2) is 36.4 Å². The van der Waals surface area contributed by atoms with Crippen molar-refractivity contribution in [1.82, 2.24) is 0 Å². The van der Waals surface area contributed by atoms with E-state index in [4.69, 9.17) is 0 Å². The molecule has 0 N–H and O–H groups in total. The molecule has 1 heterocycles. The fourth-order valence-corrected chi connectivity index (χ4v) is 1.45. The van der Waals surface area contributed by atoms with Gasteiger partial charge in [-0.1, -0.05) is 39.8 Å². The van der Waals surface area contributed by atoms with Crippen LogP contribution in [0.2, 0.25) is 0 Å². The SMILES string of the molecule is CC.CC.Cc1ccc2ccccc2[n+]1C. The summed E-state index contributed by atoms with van der Waals surface area (Å²) in [6, 6.07) is 12.7. The Morgan fingerprint density at radius 3 is 2.00 bits per heavy atom. The van der Waals surface area contributed by atoms with E-state index in [0.29, 0.717) is 0 Å². The molecule has 1 aromatic carbocycles. The van der Waals surface area contributed by atoms with Crippen molar-refractivity contribution in [2.45, 2.75) is 34.6 Å². The van der Waals surface area contributed by atoms with Gasteiger partial charge >= 0.3 is 0 Å². The number of hydrogen-bond acceptors (Lipinski definition) is 0. The van der Waals surface area contributed by atoms with Crippen molar-refractivity contribution < 1.29 is 4.57 Å². The van der Waals surface area contributed by atoms with Crippen LogP contribution in [0.25, 0.3) is 10.9 Å². The summed E-state index contributed by atoms with van der Waals surface area (Å²) in [5, 5.41) is 1.30. The van der Waals surface area contributed by atoms with Crippen LogP contribution >= 0.6 is 0 Å². The summed E-state index contributed by atoms with van der Waals surface area (Å²) in [6.45, 7) is 10.1. The average molecular weight is 218 g/mol. The van der Waals surface area contributed by atoms with Crippen LogP contribution in [0, 0.1) is 6.92 Å². The molecule has 0 aliphatic heterocycles. The number of para-hydroxylation sites is 1. The molecular weight excluding hydrogens is 194 g/mol. The minimum atomic E-state index is 1.29. The molecule has 1 aromatic heterocycles. The Kier molecular flexibility index (Phi) is 7.19. The predicted molar refractivity (Wildman–Crippen MR) is 72.6 cm³/mol. The van der Waals surface area contributed by atoms with Crippen molar-refractivity contribution >= 4 is 10.9 Å². The summed E-state index contributed by atoms with van der Waals surface area (Å²) in [7, 11) is 2.09. The molecule has 0 spiro atoms. The van der Waals surface area contributed by atoms with Gasteiger partial charge in [0.15, 0.2) is 5.69 Å². The Morgan fingerprint density at radius 2 is 1.38 bits per heavy atom. The van der Waals surface area contributed by atoms with Crippen molar-refractivity contribution in [2.24, 2.45) is 7.05 Å². The maximum atomic E-state index is 2.20. The largest absolute Gasteiger partial charge is 0.212 e. The van der Waals surface area contributed by atoms with Crippen LogP contribution < -0.4 is 4.57 Å². The molecule has 1 nitrogen and oxygen atoms in total. The Balaban J connectivity index is 0.000000509. The summed E-state index contributed by atoms with van der Waals surface area (Å²) < 4.78 is 2.20. The molecule has 0 radical (unpaired) electrons. The van der Waals surface area contributed by atoms with E-state index in [2.05, 4.69) is 54.9 Å². The molecule has 0 saturated heterocycles. The molecule has 2 rings (SSSR count). The first kappa shape index (κ1) is 14.6. The average Bonchev–Trinajstić information content (AvgIpc) is 2.39. The second-order valence-electron chi connectivity index (χ2n) is 3.09. The quantitative estimate of drug-likeness (QED) is 0.588. The molecule has 0 unspecified atom stereocenters. The van der Waals surface area contributed by atoms with Crippen molar-refractivity contribution in [2.75, 3.05) is 0 Å². The van der Waals surface area contributed by atoms with Crippen LogP contribution in [-0.2, 0) is 7.05 Å². The van der Waals surface area contributed by atoms with Gasteiger partial charge in [-0.25, -0.2) is 0 Å². The number of nitrogens with zero attached hydrogens (tertiary/aromatic N) is 1. The van der Waals surface area contributed by atoms with Gasteiger partial charge in [-0.3, -0.25) is 0 Å². The van der Waals surface area contributed by atoms with E-state index in [1.807, 2.05) is 27.7 Å². The first-order chi connectivity index (χ1) is 7.79. The molecule has 16 heavy (non-hydrogen) atoms. The highest BCUT2D eigenvalue weighted by Crippen LogP contribution is 2.08. The summed E-state index contributed by atoms with van der Waals surface area (Å²) in [6.07, 6.45) is 0. The second-order valence-corrected chi connectivity index (χ2v) is 3.09. The van der Waals surface area contributed by atoms with Gasteiger partial charge in [0.1, 0.15) is 7.05 Å². The number of aromatic nitrogens is 1. The highest BCUT2D eigenvalue weighted by atomic mass is 14.9. The molecule has 0 fully saturated rings. The number of fused-ring (bicyclic) bond motifs is 1. The first-order valence-electron chi connectivity index (χ1n) is 6.13. The summed E-state index contributed by atoms with van der Waals surface area (Å²) in [5.74, 6) is 0. The third kappa shape index (κ3) is 3.34. The van der Waals surface area contributed by atoms with E-state index >= 15 is 0 Å². The van der Waals surface area contributed by atoms with Crippen molar-refractivity contribution in [3.8, 4) is 0 Å². The highest BCUT2D eigenvalue weighted by Gasteiger charge is 2.05. The van der Waals surface area contributed by atoms with Crippen molar-refractivity contribution in [3.05, 3.63) is 42.1 Å². The number of benzene rings is 1. The first-order valence-corrected chi connectivity index (χ1v) is 6.13. The minimum absolute atomic E-state index is 1.29. The third-order valence-electron chi connectivity index (χ3n) is 2.33.